The number of methoxy groups -OCH3 is 2. The lowest BCUT2D eigenvalue weighted by Gasteiger charge is -2.02. The van der Waals surface area contributed by atoms with Crippen LogP contribution >= 0.6 is 23.2 Å². The third-order valence-corrected chi connectivity index (χ3v) is 3.67. The van der Waals surface area contributed by atoms with E-state index in [0.29, 0.717) is 44.1 Å². The Morgan fingerprint density at radius 3 is 2.33 bits per heavy atom. The van der Waals surface area contributed by atoms with E-state index in [0.717, 1.165) is 0 Å². The molecule has 0 saturated carbocycles. The third-order valence-electron chi connectivity index (χ3n) is 3.06. The molecular weight excluding hydrogens is 313 g/mol. The lowest BCUT2D eigenvalue weighted by molar-refractivity contribution is 0.414. The van der Waals surface area contributed by atoms with Gasteiger partial charge in [0.15, 0.2) is 5.58 Å². The van der Waals surface area contributed by atoms with E-state index in [-0.39, 0.29) is 0 Å². The molecule has 1 heterocycles. The highest BCUT2D eigenvalue weighted by Crippen LogP contribution is 2.35. The average Bonchev–Trinajstić information content (AvgIpc) is 2.91. The molecule has 0 fully saturated rings. The summed E-state index contributed by atoms with van der Waals surface area (Å²) >= 11 is 12.4. The number of aromatic nitrogens is 1. The molecule has 0 aliphatic rings. The minimum atomic E-state index is 0.396. The molecule has 4 nitrogen and oxygen atoms in total. The van der Waals surface area contributed by atoms with Crippen molar-refractivity contribution in [3.63, 3.8) is 0 Å². The van der Waals surface area contributed by atoms with Gasteiger partial charge in [0.2, 0.25) is 5.89 Å². The van der Waals surface area contributed by atoms with E-state index in [9.17, 15) is 0 Å². The predicted molar refractivity (Wildman–Crippen MR) is 82.6 cm³/mol. The number of ether oxygens (including phenoxy) is 2. The van der Waals surface area contributed by atoms with Crippen LogP contribution in [0.2, 0.25) is 10.0 Å². The molecule has 0 spiro atoms. The highest BCUT2D eigenvalue weighted by atomic mass is 35.5. The van der Waals surface area contributed by atoms with E-state index < -0.39 is 0 Å². The molecule has 0 bridgehead atoms. The smallest absolute Gasteiger partial charge is 0.228 e. The normalized spacial score (nSPS) is 10.9. The fourth-order valence-electron chi connectivity index (χ4n) is 1.99. The van der Waals surface area contributed by atoms with Crippen LogP contribution in [0.15, 0.2) is 34.7 Å². The van der Waals surface area contributed by atoms with Gasteiger partial charge in [0.25, 0.3) is 0 Å². The Bertz CT molecular complexity index is 814. The van der Waals surface area contributed by atoms with Gasteiger partial charge in [-0.25, -0.2) is 4.98 Å². The third kappa shape index (κ3) is 2.52. The van der Waals surface area contributed by atoms with Crippen LogP contribution in [-0.2, 0) is 0 Å². The number of hydrogen-bond acceptors (Lipinski definition) is 4. The zero-order chi connectivity index (χ0) is 15.0. The Balaban J connectivity index is 2.15. The van der Waals surface area contributed by atoms with Crippen molar-refractivity contribution in [2.45, 2.75) is 0 Å². The highest BCUT2D eigenvalue weighted by Gasteiger charge is 2.15. The first-order valence-electron chi connectivity index (χ1n) is 6.10. The maximum atomic E-state index is 6.23. The van der Waals surface area contributed by atoms with E-state index >= 15 is 0 Å². The molecule has 2 aromatic carbocycles. The number of fused-ring (bicyclic) bond motifs is 1. The molecule has 108 valence electrons. The molecule has 6 heteroatoms. The van der Waals surface area contributed by atoms with Crippen molar-refractivity contribution < 1.29 is 13.9 Å². The van der Waals surface area contributed by atoms with Crippen molar-refractivity contribution in [1.82, 2.24) is 4.98 Å². The van der Waals surface area contributed by atoms with Crippen molar-refractivity contribution in [3.05, 3.63) is 40.4 Å². The Kier molecular flexibility index (Phi) is 3.66. The first-order chi connectivity index (χ1) is 10.1. The average molecular weight is 324 g/mol. The van der Waals surface area contributed by atoms with Crippen molar-refractivity contribution >= 4 is 34.3 Å². The summed E-state index contributed by atoms with van der Waals surface area (Å²) in [5.74, 6) is 1.67. The summed E-state index contributed by atoms with van der Waals surface area (Å²) in [7, 11) is 3.14. The molecule has 0 aliphatic carbocycles. The zero-order valence-corrected chi connectivity index (χ0v) is 12.8. The van der Waals surface area contributed by atoms with Gasteiger partial charge in [-0.1, -0.05) is 23.2 Å². The topological polar surface area (TPSA) is 44.5 Å². The predicted octanol–water partition coefficient (Wildman–Crippen LogP) is 4.82. The van der Waals surface area contributed by atoms with Crippen molar-refractivity contribution in [2.24, 2.45) is 0 Å². The fourth-order valence-corrected chi connectivity index (χ4v) is 2.49. The minimum absolute atomic E-state index is 0.396. The maximum Gasteiger partial charge on any atom is 0.228 e. The second-order valence-corrected chi connectivity index (χ2v) is 5.14. The zero-order valence-electron chi connectivity index (χ0n) is 11.3. The molecule has 0 N–H and O–H groups in total. The molecular formula is C15H11Cl2NO3. The lowest BCUT2D eigenvalue weighted by atomic mass is 10.2. The monoisotopic (exact) mass is 323 g/mol. The standard InChI is InChI=1S/C15H11Cl2NO3/c1-19-8-3-4-10(11(16)5-8)15-18-14-12(17)6-9(20-2)7-13(14)21-15/h3-7H,1-2H3. The van der Waals surface area contributed by atoms with Crippen molar-refractivity contribution in [2.75, 3.05) is 14.2 Å². The van der Waals surface area contributed by atoms with E-state index in [4.69, 9.17) is 37.1 Å². The molecule has 0 radical (unpaired) electrons. The van der Waals surface area contributed by atoms with E-state index in [2.05, 4.69) is 4.98 Å². The molecule has 0 amide bonds. The summed E-state index contributed by atoms with van der Waals surface area (Å²) in [5, 5.41) is 0.952. The molecule has 3 aromatic rings. The largest absolute Gasteiger partial charge is 0.497 e. The molecule has 1 aromatic heterocycles. The van der Waals surface area contributed by atoms with Crippen LogP contribution in [0, 0.1) is 0 Å². The number of benzene rings is 2. The number of hydrogen-bond donors (Lipinski definition) is 0. The molecule has 0 atom stereocenters. The fraction of sp³-hybridized carbons (Fsp3) is 0.133. The van der Waals surface area contributed by atoms with Gasteiger partial charge in [-0.2, -0.15) is 0 Å². The molecule has 3 rings (SSSR count). The molecule has 21 heavy (non-hydrogen) atoms. The number of halogens is 2. The Hall–Kier alpha value is -1.91. The Morgan fingerprint density at radius 2 is 1.67 bits per heavy atom. The maximum absolute atomic E-state index is 6.23. The first-order valence-corrected chi connectivity index (χ1v) is 6.86. The Labute approximate surface area is 131 Å². The molecule has 0 unspecified atom stereocenters. The van der Waals surface area contributed by atoms with Gasteiger partial charge in [-0.3, -0.25) is 0 Å². The van der Waals surface area contributed by atoms with Crippen LogP contribution in [-0.4, -0.2) is 19.2 Å². The van der Waals surface area contributed by atoms with Gasteiger partial charge < -0.3 is 13.9 Å². The highest BCUT2D eigenvalue weighted by molar-refractivity contribution is 6.35. The van der Waals surface area contributed by atoms with Crippen LogP contribution in [0.1, 0.15) is 0 Å². The van der Waals surface area contributed by atoms with Crippen LogP contribution in [0.3, 0.4) is 0 Å². The van der Waals surface area contributed by atoms with Crippen LogP contribution in [0.4, 0.5) is 0 Å². The number of oxazole rings is 1. The van der Waals surface area contributed by atoms with Crippen LogP contribution in [0.25, 0.3) is 22.6 Å². The summed E-state index contributed by atoms with van der Waals surface area (Å²) < 4.78 is 16.0. The van der Waals surface area contributed by atoms with Crippen LogP contribution in [0.5, 0.6) is 11.5 Å². The van der Waals surface area contributed by atoms with Gasteiger partial charge in [0.1, 0.15) is 17.0 Å². The first kappa shape index (κ1) is 14.0. The molecule has 0 saturated heterocycles. The van der Waals surface area contributed by atoms with Crippen LogP contribution < -0.4 is 9.47 Å². The van der Waals surface area contributed by atoms with Gasteiger partial charge in [-0.05, 0) is 18.2 Å². The van der Waals surface area contributed by atoms with Gasteiger partial charge in [-0.15, -0.1) is 0 Å². The van der Waals surface area contributed by atoms with Crippen molar-refractivity contribution in [3.8, 4) is 23.0 Å². The summed E-state index contributed by atoms with van der Waals surface area (Å²) in [6, 6.07) is 8.70. The number of nitrogens with zero attached hydrogens (tertiary/aromatic N) is 1. The lowest BCUT2D eigenvalue weighted by Crippen LogP contribution is -1.84. The van der Waals surface area contributed by atoms with E-state index in [1.807, 2.05) is 0 Å². The summed E-state index contributed by atoms with van der Waals surface area (Å²) in [4.78, 5) is 4.39. The summed E-state index contributed by atoms with van der Waals surface area (Å²) in [6.45, 7) is 0. The number of rotatable bonds is 3. The van der Waals surface area contributed by atoms with Crippen molar-refractivity contribution in [1.29, 1.82) is 0 Å². The second-order valence-electron chi connectivity index (χ2n) is 4.32. The van der Waals surface area contributed by atoms with E-state index in [1.165, 1.54) is 0 Å². The van der Waals surface area contributed by atoms with Gasteiger partial charge in [0.05, 0.1) is 29.8 Å². The summed E-state index contributed by atoms with van der Waals surface area (Å²) in [5.41, 5.74) is 1.78. The minimum Gasteiger partial charge on any atom is -0.497 e. The van der Waals surface area contributed by atoms with Gasteiger partial charge in [0, 0.05) is 12.1 Å². The SMILES string of the molecule is COc1ccc(-c2nc3c(Cl)cc(OC)cc3o2)c(Cl)c1. The second kappa shape index (κ2) is 5.47. The summed E-state index contributed by atoms with van der Waals surface area (Å²) in [6.07, 6.45) is 0. The van der Waals surface area contributed by atoms with Gasteiger partial charge >= 0.3 is 0 Å². The Morgan fingerprint density at radius 1 is 0.952 bits per heavy atom. The molecule has 0 aliphatic heterocycles. The quantitative estimate of drug-likeness (QED) is 0.693. The van der Waals surface area contributed by atoms with E-state index in [1.54, 1.807) is 44.6 Å².